The van der Waals surface area contributed by atoms with Crippen molar-refractivity contribution >= 4 is 5.97 Å². The Labute approximate surface area is 215 Å². The monoisotopic (exact) mass is 496 g/mol. The Morgan fingerprint density at radius 2 is 1.61 bits per heavy atom. The number of benzene rings is 2. The maximum absolute atomic E-state index is 12.4. The average Bonchev–Trinajstić information content (AvgIpc) is 3.32. The van der Waals surface area contributed by atoms with E-state index in [2.05, 4.69) is 79.4 Å². The average molecular weight is 497 g/mol. The highest BCUT2D eigenvalue weighted by molar-refractivity contribution is 5.74. The van der Waals surface area contributed by atoms with Crippen molar-refractivity contribution in [2.24, 2.45) is 11.8 Å². The second-order valence-corrected chi connectivity index (χ2v) is 10.2. The molecule has 2 aliphatic rings. The Kier molecular flexibility index (Phi) is 9.51. The number of hydrogen-bond donors (Lipinski definition) is 0. The van der Waals surface area contributed by atoms with E-state index in [1.807, 2.05) is 6.92 Å². The van der Waals surface area contributed by atoms with Gasteiger partial charge >= 0.3 is 5.97 Å². The van der Waals surface area contributed by atoms with Crippen LogP contribution in [0, 0.1) is 11.8 Å². The van der Waals surface area contributed by atoms with Gasteiger partial charge in [-0.2, -0.15) is 0 Å². The molecule has 0 N–H and O–H groups in total. The lowest BCUT2D eigenvalue weighted by Crippen LogP contribution is -2.54. The molecule has 7 nitrogen and oxygen atoms in total. The maximum Gasteiger partial charge on any atom is 0.337 e. The van der Waals surface area contributed by atoms with E-state index >= 15 is 0 Å². The van der Waals surface area contributed by atoms with Gasteiger partial charge in [0.15, 0.2) is 12.4 Å². The highest BCUT2D eigenvalue weighted by Crippen LogP contribution is 2.41. The third-order valence-electron chi connectivity index (χ3n) is 7.09. The van der Waals surface area contributed by atoms with Gasteiger partial charge in [0.1, 0.15) is 0 Å². The molecule has 2 aromatic carbocycles. The number of nitrogens with zero attached hydrogens (tertiary/aromatic N) is 2. The summed E-state index contributed by atoms with van der Waals surface area (Å²) in [7, 11) is 1.40. The molecule has 0 radical (unpaired) electrons. The van der Waals surface area contributed by atoms with Gasteiger partial charge in [0, 0.05) is 38.6 Å². The lowest BCUT2D eigenvalue weighted by atomic mass is 9.80. The van der Waals surface area contributed by atoms with Crippen molar-refractivity contribution in [3.05, 3.63) is 71.8 Å². The van der Waals surface area contributed by atoms with Crippen LogP contribution >= 0.6 is 0 Å². The van der Waals surface area contributed by atoms with Crippen LogP contribution in [0.2, 0.25) is 0 Å². The molecule has 0 aromatic heterocycles. The number of carbonyl (C=O) groups excluding carboxylic acids is 1. The predicted molar refractivity (Wildman–Crippen MR) is 137 cm³/mol. The lowest BCUT2D eigenvalue weighted by Gasteiger charge is -2.46. The van der Waals surface area contributed by atoms with Gasteiger partial charge in [-0.05, 0) is 36.3 Å². The smallest absolute Gasteiger partial charge is 0.337 e. The molecule has 2 fully saturated rings. The summed E-state index contributed by atoms with van der Waals surface area (Å²) < 4.78 is 10.9. The van der Waals surface area contributed by atoms with E-state index < -0.39 is 12.4 Å². The lowest BCUT2D eigenvalue weighted by molar-refractivity contribution is -0.442. The summed E-state index contributed by atoms with van der Waals surface area (Å²) in [4.78, 5) is 26.9. The Morgan fingerprint density at radius 3 is 2.14 bits per heavy atom. The van der Waals surface area contributed by atoms with E-state index in [9.17, 15) is 4.79 Å². The van der Waals surface area contributed by atoms with Crippen LogP contribution in [0.25, 0.3) is 0 Å². The van der Waals surface area contributed by atoms with Crippen molar-refractivity contribution < 1.29 is 23.9 Å². The van der Waals surface area contributed by atoms with Gasteiger partial charge in [0.25, 0.3) is 0 Å². The minimum absolute atomic E-state index is 0.0661. The van der Waals surface area contributed by atoms with Crippen LogP contribution in [0.15, 0.2) is 60.7 Å². The maximum atomic E-state index is 12.4. The first-order chi connectivity index (χ1) is 17.5. The van der Waals surface area contributed by atoms with Gasteiger partial charge in [-0.3, -0.25) is 9.74 Å². The number of carbonyl (C=O) groups is 1. The van der Waals surface area contributed by atoms with Crippen LogP contribution in [0.5, 0.6) is 0 Å². The molecular formula is C29H40N2O5. The topological polar surface area (TPSA) is 60.5 Å². The van der Waals surface area contributed by atoms with Gasteiger partial charge in [-0.15, -0.1) is 0 Å². The summed E-state index contributed by atoms with van der Waals surface area (Å²) in [6.45, 7) is 8.72. The normalized spacial score (nSPS) is 25.2. The molecule has 0 bridgehead atoms. The fourth-order valence-corrected chi connectivity index (χ4v) is 5.50. The molecule has 0 spiro atoms. The number of hydrogen-bond acceptors (Lipinski definition) is 7. The van der Waals surface area contributed by atoms with Crippen LogP contribution in [0.1, 0.15) is 51.2 Å². The molecular weight excluding hydrogens is 456 g/mol. The van der Waals surface area contributed by atoms with Crippen LogP contribution in [-0.2, 0) is 37.0 Å². The summed E-state index contributed by atoms with van der Waals surface area (Å²) in [5.41, 5.74) is 2.56. The third-order valence-corrected chi connectivity index (χ3v) is 7.09. The first-order valence-corrected chi connectivity index (χ1v) is 13.1. The van der Waals surface area contributed by atoms with Gasteiger partial charge in [-0.1, -0.05) is 79.7 Å². The number of methoxy groups -OCH3 is 1. The number of hydroxylamine groups is 2. The summed E-state index contributed by atoms with van der Waals surface area (Å²) in [6, 6.07) is 21.4. The van der Waals surface area contributed by atoms with E-state index in [0.29, 0.717) is 18.9 Å². The third kappa shape index (κ3) is 6.72. The summed E-state index contributed by atoms with van der Waals surface area (Å²) in [5.74, 6) is 0.301. The van der Waals surface area contributed by atoms with Crippen LogP contribution < -0.4 is 0 Å². The predicted octanol–water partition coefficient (Wildman–Crippen LogP) is 4.97. The van der Waals surface area contributed by atoms with Crippen molar-refractivity contribution in [1.29, 1.82) is 0 Å². The van der Waals surface area contributed by atoms with Crippen molar-refractivity contribution in [3.63, 3.8) is 0 Å². The van der Waals surface area contributed by atoms with Gasteiger partial charge in [0.2, 0.25) is 0 Å². The molecule has 36 heavy (non-hydrogen) atoms. The van der Waals surface area contributed by atoms with Crippen molar-refractivity contribution in [1.82, 2.24) is 10.1 Å². The molecule has 0 unspecified atom stereocenters. The Bertz CT molecular complexity index is 900. The van der Waals surface area contributed by atoms with E-state index in [0.717, 1.165) is 25.9 Å². The van der Waals surface area contributed by atoms with Crippen molar-refractivity contribution in [2.45, 2.75) is 77.6 Å². The largest absolute Gasteiger partial charge is 0.467 e. The summed E-state index contributed by atoms with van der Waals surface area (Å²) >= 11 is 0. The van der Waals surface area contributed by atoms with Gasteiger partial charge in [0.05, 0.1) is 13.2 Å². The number of ether oxygens (including phenoxy) is 2. The fourth-order valence-electron chi connectivity index (χ4n) is 5.50. The quantitative estimate of drug-likeness (QED) is 0.407. The second-order valence-electron chi connectivity index (χ2n) is 10.2. The zero-order valence-corrected chi connectivity index (χ0v) is 21.9. The molecule has 196 valence electrons. The van der Waals surface area contributed by atoms with Crippen molar-refractivity contribution in [3.8, 4) is 0 Å². The van der Waals surface area contributed by atoms with E-state index in [-0.39, 0.29) is 24.0 Å². The molecule has 2 aromatic rings. The van der Waals surface area contributed by atoms with Crippen LogP contribution in [0.3, 0.4) is 0 Å². The number of esters is 1. The zero-order valence-electron chi connectivity index (χ0n) is 21.9. The van der Waals surface area contributed by atoms with E-state index in [1.165, 1.54) is 23.5 Å². The van der Waals surface area contributed by atoms with Gasteiger partial charge < -0.3 is 9.47 Å². The Morgan fingerprint density at radius 1 is 1.00 bits per heavy atom. The molecule has 0 aliphatic carbocycles. The number of rotatable bonds is 11. The minimum Gasteiger partial charge on any atom is -0.467 e. The number of fused-ring (bicyclic) bond motifs is 1. The fraction of sp³-hybridized carbons (Fsp3) is 0.552. The van der Waals surface area contributed by atoms with Gasteiger partial charge in [-0.25, -0.2) is 9.63 Å². The molecule has 0 amide bonds. The van der Waals surface area contributed by atoms with Crippen molar-refractivity contribution in [2.75, 3.05) is 13.7 Å². The molecule has 2 saturated heterocycles. The molecule has 5 atom stereocenters. The SMILES string of the molecule is CCO[C@@H]1C[C@H]([C@H](CC(C)C)N(Cc2ccccc2)Cc2ccccc2)[C@H]2C[C@H](C(=O)OC)ON2O1. The first-order valence-electron chi connectivity index (χ1n) is 13.1. The molecule has 2 aliphatic heterocycles. The van der Waals surface area contributed by atoms with E-state index in [1.54, 1.807) is 0 Å². The molecule has 4 rings (SSSR count). The summed E-state index contributed by atoms with van der Waals surface area (Å²) in [6.07, 6.45) is 1.20. The first kappa shape index (κ1) is 26.8. The highest BCUT2D eigenvalue weighted by atomic mass is 17.0. The second kappa shape index (κ2) is 12.8. The molecule has 2 heterocycles. The minimum atomic E-state index is -0.667. The van der Waals surface area contributed by atoms with Crippen LogP contribution in [-0.4, -0.2) is 54.3 Å². The standard InChI is InChI=1S/C29H40N2O5/c1-5-34-28-17-24(26-18-27(29(32)33-4)35-31(26)36-28)25(16-21(2)3)30(19-22-12-8-6-9-13-22)20-23-14-10-7-11-15-23/h6-15,21,24-28H,5,16-20H2,1-4H3/t24-,25+,26-,27-,28+/m1/s1. The van der Waals surface area contributed by atoms with E-state index in [4.69, 9.17) is 19.1 Å². The zero-order chi connectivity index (χ0) is 25.5. The highest BCUT2D eigenvalue weighted by Gasteiger charge is 2.51. The Hall–Kier alpha value is -2.29. The summed E-state index contributed by atoms with van der Waals surface area (Å²) in [5, 5.41) is 1.53. The Balaban J connectivity index is 1.68. The van der Waals surface area contributed by atoms with Crippen LogP contribution in [0.4, 0.5) is 0 Å². The molecule has 7 heteroatoms. The molecule has 0 saturated carbocycles.